The van der Waals surface area contributed by atoms with Gasteiger partial charge in [-0.15, -0.1) is 0 Å². The van der Waals surface area contributed by atoms with E-state index in [2.05, 4.69) is 0 Å². The lowest BCUT2D eigenvalue weighted by molar-refractivity contribution is 0.292. The van der Waals surface area contributed by atoms with Crippen LogP contribution >= 0.6 is 11.6 Å². The van der Waals surface area contributed by atoms with Crippen LogP contribution in [0.1, 0.15) is 5.56 Å². The Morgan fingerprint density at radius 2 is 2.19 bits per heavy atom. The van der Waals surface area contributed by atoms with Crippen molar-refractivity contribution in [3.05, 3.63) is 44.4 Å². The van der Waals surface area contributed by atoms with Crippen molar-refractivity contribution in [3.8, 4) is 0 Å². The van der Waals surface area contributed by atoms with Crippen molar-refractivity contribution < 1.29 is 9.62 Å². The average Bonchev–Trinajstić information content (AvgIpc) is 2.19. The Labute approximate surface area is 95.0 Å². The first-order chi connectivity index (χ1) is 7.50. The fourth-order valence-corrected chi connectivity index (χ4v) is 1.73. The molecule has 6 heteroatoms. The van der Waals surface area contributed by atoms with E-state index in [1.807, 2.05) is 6.92 Å². The Hall–Kier alpha value is -1.56. The third kappa shape index (κ3) is 1.65. The first kappa shape index (κ1) is 10.9. The lowest BCUT2D eigenvalue weighted by Crippen LogP contribution is -2.17. The minimum absolute atomic E-state index is 0.118. The van der Waals surface area contributed by atoms with Crippen molar-refractivity contribution in [2.24, 2.45) is 0 Å². The number of halogens is 1. The van der Waals surface area contributed by atoms with Crippen molar-refractivity contribution in [3.63, 3.8) is 0 Å². The molecule has 2 aromatic rings. The highest BCUT2D eigenvalue weighted by Gasteiger charge is 2.13. The lowest BCUT2D eigenvalue weighted by Gasteiger charge is -2.21. The maximum absolute atomic E-state index is 11.3. The van der Waals surface area contributed by atoms with Crippen molar-refractivity contribution in [1.29, 1.82) is 0 Å². The summed E-state index contributed by atoms with van der Waals surface area (Å²) >= 11 is 5.85. The zero-order chi connectivity index (χ0) is 11.9. The van der Waals surface area contributed by atoms with Gasteiger partial charge in [0.2, 0.25) is 0 Å². The monoisotopic (exact) mass is 240 g/mol. The molecule has 0 spiro atoms. The van der Waals surface area contributed by atoms with Crippen molar-refractivity contribution in [2.75, 3.05) is 5.23 Å². The normalized spacial score (nSPS) is 10.8. The molecule has 0 aliphatic rings. The van der Waals surface area contributed by atoms with Crippen LogP contribution in [0.5, 0.6) is 0 Å². The Morgan fingerprint density at radius 3 is 2.81 bits per heavy atom. The van der Waals surface area contributed by atoms with Gasteiger partial charge in [0, 0.05) is 5.39 Å². The summed E-state index contributed by atoms with van der Waals surface area (Å²) in [6, 6.07) is 4.98. The van der Waals surface area contributed by atoms with Crippen LogP contribution in [0.4, 0.5) is 5.69 Å². The van der Waals surface area contributed by atoms with Crippen LogP contribution in [0, 0.1) is 12.1 Å². The predicted octanol–water partition coefficient (Wildman–Crippen LogP) is 2.45. The molecule has 2 rings (SSSR count). The fraction of sp³-hybridized carbons (Fsp3) is 0.100. The molecule has 16 heavy (non-hydrogen) atoms. The summed E-state index contributed by atoms with van der Waals surface area (Å²) in [6.07, 6.45) is 0. The van der Waals surface area contributed by atoms with Crippen molar-refractivity contribution in [1.82, 2.24) is 0 Å². The Balaban J connectivity index is 2.91. The highest BCUT2D eigenvalue weighted by Crippen LogP contribution is 2.30. The summed E-state index contributed by atoms with van der Waals surface area (Å²) in [7, 11) is 0. The summed E-state index contributed by atoms with van der Waals surface area (Å²) < 4.78 is 4.85. The van der Waals surface area contributed by atoms with Crippen LogP contribution in [0.3, 0.4) is 0 Å². The second-order valence-corrected chi connectivity index (χ2v) is 3.70. The maximum atomic E-state index is 11.3. The van der Waals surface area contributed by atoms with E-state index < -0.39 is 16.5 Å². The van der Waals surface area contributed by atoms with Gasteiger partial charge in [-0.25, -0.2) is 4.79 Å². The van der Waals surface area contributed by atoms with Crippen molar-refractivity contribution in [2.45, 2.75) is 6.92 Å². The minimum Gasteiger partial charge on any atom is -0.733 e. The van der Waals surface area contributed by atoms with Crippen LogP contribution in [-0.4, -0.2) is 5.21 Å². The molecular weight excluding hydrogens is 234 g/mol. The number of aryl methyl sites for hydroxylation is 1. The summed E-state index contributed by atoms with van der Waals surface area (Å²) in [4.78, 5) is 11.3. The van der Waals surface area contributed by atoms with E-state index in [4.69, 9.17) is 21.2 Å². The quantitative estimate of drug-likeness (QED) is 0.612. The van der Waals surface area contributed by atoms with Gasteiger partial charge in [0.15, 0.2) is 5.69 Å². The number of hydrogen-bond donors (Lipinski definition) is 1. The molecule has 0 aliphatic heterocycles. The molecule has 1 heterocycles. The third-order valence-corrected chi connectivity index (χ3v) is 2.55. The van der Waals surface area contributed by atoms with Crippen molar-refractivity contribution >= 4 is 28.3 Å². The van der Waals surface area contributed by atoms with Gasteiger partial charge in [-0.3, -0.25) is 5.21 Å². The number of anilines is 1. The molecule has 5 nitrogen and oxygen atoms in total. The largest absolute Gasteiger partial charge is 0.733 e. The Morgan fingerprint density at radius 1 is 1.50 bits per heavy atom. The van der Waals surface area contributed by atoms with Gasteiger partial charge in [0.25, 0.3) is 0 Å². The highest BCUT2D eigenvalue weighted by molar-refractivity contribution is 6.37. The molecule has 1 aromatic heterocycles. The smallest absolute Gasteiger partial charge is 0.363 e. The van der Waals surface area contributed by atoms with E-state index in [0.717, 1.165) is 5.56 Å². The number of hydrogen-bond acceptors (Lipinski definition) is 5. The summed E-state index contributed by atoms with van der Waals surface area (Å²) in [5, 5.41) is 19.2. The van der Waals surface area contributed by atoms with E-state index in [-0.39, 0.29) is 10.6 Å². The summed E-state index contributed by atoms with van der Waals surface area (Å²) in [6.45, 7) is 1.83. The number of nitrogens with zero attached hydrogens (tertiary/aromatic N) is 1. The molecule has 0 saturated carbocycles. The molecule has 0 amide bonds. The van der Waals surface area contributed by atoms with Gasteiger partial charge < -0.3 is 14.9 Å². The lowest BCUT2D eigenvalue weighted by atomic mass is 10.1. The van der Waals surface area contributed by atoms with E-state index in [1.54, 1.807) is 18.2 Å². The zero-order valence-electron chi connectivity index (χ0n) is 8.23. The van der Waals surface area contributed by atoms with Gasteiger partial charge in [0.1, 0.15) is 5.58 Å². The molecule has 0 unspecified atom stereocenters. The van der Waals surface area contributed by atoms with E-state index in [0.29, 0.717) is 5.39 Å². The molecule has 0 atom stereocenters. The van der Waals surface area contributed by atoms with Crippen LogP contribution in [0.15, 0.2) is 27.4 Å². The zero-order valence-corrected chi connectivity index (χ0v) is 8.99. The summed E-state index contributed by atoms with van der Waals surface area (Å²) in [5.74, 6) is 0. The van der Waals surface area contributed by atoms with Crippen LogP contribution in [0.2, 0.25) is 5.02 Å². The molecule has 0 fully saturated rings. The van der Waals surface area contributed by atoms with Gasteiger partial charge in [-0.2, -0.15) is 0 Å². The molecule has 0 bridgehead atoms. The van der Waals surface area contributed by atoms with E-state index in [1.165, 1.54) is 0 Å². The molecule has 1 aromatic carbocycles. The SMILES string of the molecule is Cc1ccc2oc(=O)c(N([O-])O)c(Cl)c2c1. The van der Waals surface area contributed by atoms with Gasteiger partial charge in [0.05, 0.1) is 5.02 Å². The van der Waals surface area contributed by atoms with E-state index >= 15 is 0 Å². The predicted molar refractivity (Wildman–Crippen MR) is 59.9 cm³/mol. The Bertz CT molecular complexity index is 606. The molecule has 0 saturated heterocycles. The molecule has 84 valence electrons. The Kier molecular flexibility index (Phi) is 2.59. The standard InChI is InChI=1S/C10H7ClNO4/c1-5-2-3-7-6(4-5)8(11)9(12(14)15)10(13)16-7/h2-4,14H,1H3/q-1. The minimum atomic E-state index is -0.973. The van der Waals surface area contributed by atoms with Crippen LogP contribution in [0.25, 0.3) is 11.0 Å². The number of rotatable bonds is 1. The molecule has 1 N–H and O–H groups in total. The maximum Gasteiger partial charge on any atom is 0.363 e. The van der Waals surface area contributed by atoms with Crippen LogP contribution in [-0.2, 0) is 0 Å². The molecular formula is C10H7ClNO4-. The average molecular weight is 241 g/mol. The van der Waals surface area contributed by atoms with Crippen LogP contribution < -0.4 is 10.9 Å². The second-order valence-electron chi connectivity index (χ2n) is 3.32. The molecule has 0 aliphatic carbocycles. The second kappa shape index (κ2) is 3.79. The third-order valence-electron chi connectivity index (χ3n) is 2.17. The topological polar surface area (TPSA) is 76.7 Å². The highest BCUT2D eigenvalue weighted by atomic mass is 35.5. The number of benzene rings is 1. The molecule has 0 radical (unpaired) electrons. The van der Waals surface area contributed by atoms with Gasteiger partial charge in [-0.05, 0) is 19.1 Å². The summed E-state index contributed by atoms with van der Waals surface area (Å²) in [5.41, 5.74) is -0.422. The van der Waals surface area contributed by atoms with Gasteiger partial charge in [-0.1, -0.05) is 23.2 Å². The van der Waals surface area contributed by atoms with Gasteiger partial charge >= 0.3 is 5.63 Å². The first-order valence-electron chi connectivity index (χ1n) is 4.40. The van der Waals surface area contributed by atoms with E-state index in [9.17, 15) is 10.0 Å². The number of fused-ring (bicyclic) bond motifs is 1. The first-order valence-corrected chi connectivity index (χ1v) is 4.77. The fourth-order valence-electron chi connectivity index (χ4n) is 1.43.